The van der Waals surface area contributed by atoms with Crippen LogP contribution in [-0.4, -0.2) is 42.7 Å². The average Bonchev–Trinajstić information content (AvgIpc) is 3.31. The fourth-order valence-corrected chi connectivity index (χ4v) is 4.89. The predicted octanol–water partition coefficient (Wildman–Crippen LogP) is 3.98. The predicted molar refractivity (Wildman–Crippen MR) is 120 cm³/mol. The summed E-state index contributed by atoms with van der Waals surface area (Å²) in [7, 11) is 3.22. The molecule has 0 aliphatic carbocycles. The summed E-state index contributed by atoms with van der Waals surface area (Å²) in [6.45, 7) is 1.46. The maximum absolute atomic E-state index is 13.0. The number of ether oxygens (including phenoxy) is 2. The number of aromatic nitrogens is 1. The summed E-state index contributed by atoms with van der Waals surface area (Å²) < 4.78 is 13.0. The number of nitrogens with one attached hydrogen (secondary N) is 1. The summed E-state index contributed by atoms with van der Waals surface area (Å²) in [6, 6.07) is 18.4. The molecule has 0 bridgehead atoms. The van der Waals surface area contributed by atoms with Crippen molar-refractivity contribution in [2.24, 2.45) is 0 Å². The van der Waals surface area contributed by atoms with Gasteiger partial charge in [0.15, 0.2) is 11.5 Å². The van der Waals surface area contributed by atoms with E-state index in [-0.39, 0.29) is 11.4 Å². The Labute approximate surface area is 182 Å². The molecule has 1 spiro atoms. The second kappa shape index (κ2) is 7.69. The van der Waals surface area contributed by atoms with Crippen LogP contribution in [0.15, 0.2) is 60.8 Å². The molecule has 2 aliphatic heterocycles. The van der Waals surface area contributed by atoms with Gasteiger partial charge in [0.2, 0.25) is 5.91 Å². The number of piperidine rings is 1. The number of rotatable bonds is 4. The lowest BCUT2D eigenvalue weighted by Crippen LogP contribution is -2.51. The molecule has 1 N–H and O–H groups in total. The molecule has 2 aromatic carbocycles. The number of methoxy groups -OCH3 is 2. The molecule has 3 aromatic rings. The second-order valence-electron chi connectivity index (χ2n) is 8.23. The van der Waals surface area contributed by atoms with Gasteiger partial charge in [-0.05, 0) is 54.8 Å². The van der Waals surface area contributed by atoms with E-state index in [1.54, 1.807) is 14.2 Å². The summed E-state index contributed by atoms with van der Waals surface area (Å²) in [5.41, 5.74) is 4.40. The molecular formula is C25H27N3O3. The largest absolute Gasteiger partial charge is 0.493 e. The second-order valence-corrected chi connectivity index (χ2v) is 8.23. The summed E-state index contributed by atoms with van der Waals surface area (Å²) in [5, 5.41) is 3.80. The van der Waals surface area contributed by atoms with Crippen LogP contribution in [0.25, 0.3) is 5.69 Å². The van der Waals surface area contributed by atoms with E-state index in [4.69, 9.17) is 9.47 Å². The maximum Gasteiger partial charge on any atom is 0.226 e. The van der Waals surface area contributed by atoms with Crippen LogP contribution in [0, 0.1) is 0 Å². The first-order valence-electron chi connectivity index (χ1n) is 10.7. The molecule has 6 heteroatoms. The van der Waals surface area contributed by atoms with Gasteiger partial charge in [-0.2, -0.15) is 0 Å². The Balaban J connectivity index is 1.30. The van der Waals surface area contributed by atoms with Crippen molar-refractivity contribution >= 4 is 11.6 Å². The smallest absolute Gasteiger partial charge is 0.226 e. The van der Waals surface area contributed by atoms with E-state index >= 15 is 0 Å². The first kappa shape index (κ1) is 19.5. The summed E-state index contributed by atoms with van der Waals surface area (Å²) in [5.74, 6) is 1.47. The summed E-state index contributed by atoms with van der Waals surface area (Å²) >= 11 is 0. The minimum absolute atomic E-state index is 0.141. The van der Waals surface area contributed by atoms with Crippen LogP contribution in [0.3, 0.4) is 0 Å². The van der Waals surface area contributed by atoms with Gasteiger partial charge in [-0.25, -0.2) is 0 Å². The highest BCUT2D eigenvalue weighted by Gasteiger charge is 2.42. The molecule has 3 heterocycles. The number of nitrogens with zero attached hydrogens (tertiary/aromatic N) is 2. The molecule has 31 heavy (non-hydrogen) atoms. The average molecular weight is 418 g/mol. The summed E-state index contributed by atoms with van der Waals surface area (Å²) in [4.78, 5) is 15.0. The Kier molecular flexibility index (Phi) is 4.85. The molecule has 1 aromatic heterocycles. The van der Waals surface area contributed by atoms with Crippen LogP contribution in [-0.2, 0) is 16.8 Å². The SMILES string of the molecule is COc1ccc(CC(=O)N2CCC3(CC2)Nc2ccccc2-n2cccc23)cc1OC. The van der Waals surface area contributed by atoms with E-state index in [2.05, 4.69) is 52.5 Å². The fraction of sp³-hybridized carbons (Fsp3) is 0.320. The Morgan fingerprint density at radius 1 is 1.00 bits per heavy atom. The number of anilines is 1. The van der Waals surface area contributed by atoms with E-state index in [1.807, 2.05) is 23.1 Å². The van der Waals surface area contributed by atoms with Gasteiger partial charge in [0.25, 0.3) is 0 Å². The van der Waals surface area contributed by atoms with Crippen LogP contribution < -0.4 is 14.8 Å². The molecular weight excluding hydrogens is 390 g/mol. The minimum atomic E-state index is -0.141. The number of para-hydroxylation sites is 2. The van der Waals surface area contributed by atoms with Crippen molar-refractivity contribution in [3.8, 4) is 17.2 Å². The number of carbonyl (C=O) groups excluding carboxylic acids is 1. The Morgan fingerprint density at radius 2 is 1.77 bits per heavy atom. The molecule has 2 aliphatic rings. The van der Waals surface area contributed by atoms with E-state index < -0.39 is 0 Å². The van der Waals surface area contributed by atoms with Gasteiger partial charge in [0, 0.05) is 25.0 Å². The van der Waals surface area contributed by atoms with Crippen LogP contribution >= 0.6 is 0 Å². The van der Waals surface area contributed by atoms with Crippen molar-refractivity contribution in [2.75, 3.05) is 32.6 Å². The van der Waals surface area contributed by atoms with Crippen LogP contribution in [0.2, 0.25) is 0 Å². The number of amides is 1. The van der Waals surface area contributed by atoms with E-state index in [1.165, 1.54) is 11.4 Å². The van der Waals surface area contributed by atoms with Gasteiger partial charge in [0.1, 0.15) is 0 Å². The quantitative estimate of drug-likeness (QED) is 0.698. The third-order valence-corrected chi connectivity index (χ3v) is 6.55. The van der Waals surface area contributed by atoms with Crippen molar-refractivity contribution < 1.29 is 14.3 Å². The number of likely N-dealkylation sites (tertiary alicyclic amines) is 1. The molecule has 0 saturated carbocycles. The lowest BCUT2D eigenvalue weighted by atomic mass is 9.82. The maximum atomic E-state index is 13.0. The number of hydrogen-bond donors (Lipinski definition) is 1. The van der Waals surface area contributed by atoms with Gasteiger partial charge in [-0.1, -0.05) is 18.2 Å². The van der Waals surface area contributed by atoms with Crippen LogP contribution in [0.5, 0.6) is 11.5 Å². The zero-order chi connectivity index (χ0) is 21.4. The lowest BCUT2D eigenvalue weighted by molar-refractivity contribution is -0.132. The minimum Gasteiger partial charge on any atom is -0.493 e. The number of hydrogen-bond acceptors (Lipinski definition) is 4. The topological polar surface area (TPSA) is 55.7 Å². The molecule has 0 atom stereocenters. The van der Waals surface area contributed by atoms with Crippen molar-refractivity contribution in [3.63, 3.8) is 0 Å². The number of benzene rings is 2. The van der Waals surface area contributed by atoms with Gasteiger partial charge in [-0.15, -0.1) is 0 Å². The van der Waals surface area contributed by atoms with Crippen molar-refractivity contribution in [2.45, 2.75) is 24.8 Å². The van der Waals surface area contributed by atoms with Crippen molar-refractivity contribution in [1.82, 2.24) is 9.47 Å². The molecule has 1 amide bonds. The number of fused-ring (bicyclic) bond motifs is 4. The normalized spacial score (nSPS) is 16.3. The standard InChI is InChI=1S/C25H27N3O3/c1-30-21-10-9-18(16-22(21)31-2)17-24(29)27-14-11-25(12-15-27)23-8-5-13-28(23)20-7-4-3-6-19(20)26-25/h3-10,13,16,26H,11-12,14-15,17H2,1-2H3. The summed E-state index contributed by atoms with van der Waals surface area (Å²) in [6.07, 6.45) is 4.25. The van der Waals surface area contributed by atoms with Gasteiger partial charge < -0.3 is 24.3 Å². The fourth-order valence-electron chi connectivity index (χ4n) is 4.89. The monoisotopic (exact) mass is 417 g/mol. The van der Waals surface area contributed by atoms with Gasteiger partial charge in [-0.3, -0.25) is 4.79 Å². The van der Waals surface area contributed by atoms with E-state index in [0.717, 1.165) is 37.2 Å². The van der Waals surface area contributed by atoms with Crippen molar-refractivity contribution in [3.05, 3.63) is 72.1 Å². The molecule has 0 radical (unpaired) electrons. The Bertz CT molecular complexity index is 1110. The molecule has 0 unspecified atom stereocenters. The molecule has 160 valence electrons. The van der Waals surface area contributed by atoms with Gasteiger partial charge >= 0.3 is 0 Å². The molecule has 1 saturated heterocycles. The Hall–Kier alpha value is -3.41. The van der Waals surface area contributed by atoms with E-state index in [9.17, 15) is 4.79 Å². The third-order valence-electron chi connectivity index (χ3n) is 6.55. The number of carbonyl (C=O) groups is 1. The molecule has 1 fully saturated rings. The third kappa shape index (κ3) is 3.32. The van der Waals surface area contributed by atoms with Crippen LogP contribution in [0.4, 0.5) is 5.69 Å². The molecule has 5 rings (SSSR count). The zero-order valence-corrected chi connectivity index (χ0v) is 17.9. The first-order chi connectivity index (χ1) is 15.1. The van der Waals surface area contributed by atoms with E-state index in [0.29, 0.717) is 17.9 Å². The zero-order valence-electron chi connectivity index (χ0n) is 17.9. The first-order valence-corrected chi connectivity index (χ1v) is 10.7. The van der Waals surface area contributed by atoms with Gasteiger partial charge in [0.05, 0.1) is 37.6 Å². The van der Waals surface area contributed by atoms with Crippen LogP contribution in [0.1, 0.15) is 24.1 Å². The highest BCUT2D eigenvalue weighted by Crippen LogP contribution is 2.43. The Morgan fingerprint density at radius 3 is 2.55 bits per heavy atom. The van der Waals surface area contributed by atoms with Crippen molar-refractivity contribution in [1.29, 1.82) is 0 Å². The molecule has 6 nitrogen and oxygen atoms in total. The highest BCUT2D eigenvalue weighted by atomic mass is 16.5. The highest BCUT2D eigenvalue weighted by molar-refractivity contribution is 5.79. The lowest BCUT2D eigenvalue weighted by Gasteiger charge is -2.46.